The minimum Gasteiger partial charge on any atom is -0.317 e. The largest absolute Gasteiger partial charge is 0.317 e. The average molecular weight is 274 g/mol. The first-order valence-corrected chi connectivity index (χ1v) is 6.89. The third-order valence-corrected chi connectivity index (χ3v) is 4.73. The van der Waals surface area contributed by atoms with Crippen LogP contribution in [0.4, 0.5) is 0 Å². The number of thiophene rings is 1. The molecule has 3 heteroatoms. The van der Waals surface area contributed by atoms with Crippen LogP contribution in [0.15, 0.2) is 15.2 Å². The van der Waals surface area contributed by atoms with E-state index < -0.39 is 0 Å². The maximum absolute atomic E-state index is 3.53. The predicted octanol–water partition coefficient (Wildman–Crippen LogP) is 3.61. The fraction of sp³-hybridized carbons (Fsp3) is 0.636. The first kappa shape index (κ1) is 10.7. The SMILES string of the molecule is CC(c1csc(Br)c1)C1CCNCC1. The Balaban J connectivity index is 2.03. The minimum absolute atomic E-state index is 0.722. The van der Waals surface area contributed by atoms with Crippen molar-refractivity contribution >= 4 is 27.3 Å². The van der Waals surface area contributed by atoms with Gasteiger partial charge in [-0.1, -0.05) is 6.92 Å². The maximum Gasteiger partial charge on any atom is 0.0701 e. The number of halogens is 1. The topological polar surface area (TPSA) is 12.0 Å². The summed E-state index contributed by atoms with van der Waals surface area (Å²) in [6.45, 7) is 4.76. The van der Waals surface area contributed by atoms with Gasteiger partial charge in [0, 0.05) is 0 Å². The summed E-state index contributed by atoms with van der Waals surface area (Å²) in [5.41, 5.74) is 1.51. The van der Waals surface area contributed by atoms with Gasteiger partial charge < -0.3 is 5.32 Å². The average Bonchev–Trinajstić information content (AvgIpc) is 2.65. The maximum atomic E-state index is 3.53. The van der Waals surface area contributed by atoms with Crippen LogP contribution in [0.5, 0.6) is 0 Å². The van der Waals surface area contributed by atoms with E-state index >= 15 is 0 Å². The lowest BCUT2D eigenvalue weighted by atomic mass is 9.83. The van der Waals surface area contributed by atoms with Crippen molar-refractivity contribution in [1.29, 1.82) is 0 Å². The highest BCUT2D eigenvalue weighted by molar-refractivity contribution is 9.11. The zero-order valence-electron chi connectivity index (χ0n) is 8.42. The summed E-state index contributed by atoms with van der Waals surface area (Å²) in [5.74, 6) is 1.59. The summed E-state index contributed by atoms with van der Waals surface area (Å²) in [6.07, 6.45) is 2.66. The molecule has 0 radical (unpaired) electrons. The first-order chi connectivity index (χ1) is 6.77. The van der Waals surface area contributed by atoms with Crippen LogP contribution < -0.4 is 5.32 Å². The van der Waals surface area contributed by atoms with Crippen molar-refractivity contribution in [2.24, 2.45) is 5.92 Å². The van der Waals surface area contributed by atoms with E-state index in [4.69, 9.17) is 0 Å². The molecule has 2 rings (SSSR count). The lowest BCUT2D eigenvalue weighted by Gasteiger charge is -2.27. The Morgan fingerprint density at radius 2 is 2.21 bits per heavy atom. The third kappa shape index (κ3) is 2.38. The quantitative estimate of drug-likeness (QED) is 0.868. The smallest absolute Gasteiger partial charge is 0.0701 e. The molecule has 0 amide bonds. The number of nitrogens with one attached hydrogen (secondary N) is 1. The van der Waals surface area contributed by atoms with Crippen LogP contribution in [0.3, 0.4) is 0 Å². The molecule has 1 fully saturated rings. The van der Waals surface area contributed by atoms with Crippen LogP contribution in [0.2, 0.25) is 0 Å². The molecular formula is C11H16BrNS. The molecule has 1 aromatic rings. The zero-order chi connectivity index (χ0) is 9.97. The van der Waals surface area contributed by atoms with E-state index in [1.807, 2.05) is 0 Å². The Labute approximate surface area is 98.0 Å². The summed E-state index contributed by atoms with van der Waals surface area (Å²) < 4.78 is 1.26. The molecule has 0 bridgehead atoms. The van der Waals surface area contributed by atoms with Crippen molar-refractivity contribution in [2.75, 3.05) is 13.1 Å². The molecule has 1 atom stereocenters. The molecule has 1 N–H and O–H groups in total. The van der Waals surface area contributed by atoms with Crippen LogP contribution in [-0.2, 0) is 0 Å². The van der Waals surface area contributed by atoms with Gasteiger partial charge in [-0.3, -0.25) is 0 Å². The van der Waals surface area contributed by atoms with E-state index in [1.54, 1.807) is 11.3 Å². The number of rotatable bonds is 2. The van der Waals surface area contributed by atoms with Gasteiger partial charge in [0.05, 0.1) is 3.79 Å². The number of hydrogen-bond donors (Lipinski definition) is 1. The second kappa shape index (κ2) is 4.77. The van der Waals surface area contributed by atoms with Crippen molar-refractivity contribution in [3.05, 3.63) is 20.8 Å². The molecule has 0 saturated carbocycles. The minimum atomic E-state index is 0.722. The van der Waals surface area contributed by atoms with Crippen molar-refractivity contribution < 1.29 is 0 Å². The Kier molecular flexibility index (Phi) is 3.63. The summed E-state index contributed by atoms with van der Waals surface area (Å²) in [4.78, 5) is 0. The molecule has 0 aromatic carbocycles. The van der Waals surface area contributed by atoms with E-state index in [2.05, 4.69) is 39.6 Å². The van der Waals surface area contributed by atoms with Crippen LogP contribution in [0, 0.1) is 5.92 Å². The van der Waals surface area contributed by atoms with Gasteiger partial charge >= 0.3 is 0 Å². The number of hydrogen-bond acceptors (Lipinski definition) is 2. The predicted molar refractivity (Wildman–Crippen MR) is 66.0 cm³/mol. The molecule has 1 saturated heterocycles. The lowest BCUT2D eigenvalue weighted by Crippen LogP contribution is -2.30. The summed E-state index contributed by atoms with van der Waals surface area (Å²) in [7, 11) is 0. The van der Waals surface area contributed by atoms with E-state index in [-0.39, 0.29) is 0 Å². The Morgan fingerprint density at radius 3 is 2.79 bits per heavy atom. The molecule has 0 aliphatic carbocycles. The van der Waals surface area contributed by atoms with E-state index in [0.717, 1.165) is 11.8 Å². The van der Waals surface area contributed by atoms with Crippen molar-refractivity contribution in [2.45, 2.75) is 25.7 Å². The second-order valence-corrected chi connectivity index (χ2v) is 6.35. The molecule has 1 aliphatic heterocycles. The normalized spacial score (nSPS) is 21.0. The molecule has 78 valence electrons. The molecule has 1 aliphatic rings. The zero-order valence-corrected chi connectivity index (χ0v) is 10.8. The number of piperidine rings is 1. The van der Waals surface area contributed by atoms with Gasteiger partial charge in [-0.15, -0.1) is 11.3 Å². The molecule has 1 aromatic heterocycles. The van der Waals surface area contributed by atoms with Gasteiger partial charge in [0.1, 0.15) is 0 Å². The van der Waals surface area contributed by atoms with Crippen LogP contribution >= 0.6 is 27.3 Å². The second-order valence-electron chi connectivity index (χ2n) is 4.06. The first-order valence-electron chi connectivity index (χ1n) is 5.22. The monoisotopic (exact) mass is 273 g/mol. The summed E-state index contributed by atoms with van der Waals surface area (Å²) in [5, 5.41) is 5.71. The highest BCUT2D eigenvalue weighted by atomic mass is 79.9. The van der Waals surface area contributed by atoms with Gasteiger partial charge in [-0.05, 0) is 70.7 Å². The van der Waals surface area contributed by atoms with Crippen molar-refractivity contribution in [1.82, 2.24) is 5.32 Å². The fourth-order valence-corrected chi connectivity index (χ4v) is 3.46. The Morgan fingerprint density at radius 1 is 1.50 bits per heavy atom. The van der Waals surface area contributed by atoms with Gasteiger partial charge in [-0.2, -0.15) is 0 Å². The van der Waals surface area contributed by atoms with Crippen molar-refractivity contribution in [3.63, 3.8) is 0 Å². The van der Waals surface area contributed by atoms with Gasteiger partial charge in [0.25, 0.3) is 0 Å². The van der Waals surface area contributed by atoms with E-state index in [0.29, 0.717) is 0 Å². The highest BCUT2D eigenvalue weighted by Crippen LogP contribution is 2.34. The van der Waals surface area contributed by atoms with Gasteiger partial charge in [0.15, 0.2) is 0 Å². The third-order valence-electron chi connectivity index (χ3n) is 3.20. The van der Waals surface area contributed by atoms with E-state index in [1.165, 1.54) is 35.3 Å². The highest BCUT2D eigenvalue weighted by Gasteiger charge is 2.21. The van der Waals surface area contributed by atoms with E-state index in [9.17, 15) is 0 Å². The molecule has 0 spiro atoms. The van der Waals surface area contributed by atoms with Crippen molar-refractivity contribution in [3.8, 4) is 0 Å². The Hall–Kier alpha value is 0.140. The Bertz CT molecular complexity index is 291. The van der Waals surface area contributed by atoms with Gasteiger partial charge in [0.2, 0.25) is 0 Å². The molecular weight excluding hydrogens is 258 g/mol. The van der Waals surface area contributed by atoms with Gasteiger partial charge in [-0.25, -0.2) is 0 Å². The molecule has 1 nitrogen and oxygen atoms in total. The lowest BCUT2D eigenvalue weighted by molar-refractivity contribution is 0.330. The summed E-state index contributed by atoms with van der Waals surface area (Å²) in [6, 6.07) is 2.28. The fourth-order valence-electron chi connectivity index (χ4n) is 2.18. The standard InChI is InChI=1S/C11H16BrNS/c1-8(9-2-4-13-5-3-9)10-6-11(12)14-7-10/h6-9,13H,2-5H2,1H3. The van der Waals surface area contributed by atoms with Crippen LogP contribution in [0.1, 0.15) is 31.2 Å². The molecule has 2 heterocycles. The molecule has 1 unspecified atom stereocenters. The molecule has 14 heavy (non-hydrogen) atoms. The van der Waals surface area contributed by atoms with Crippen LogP contribution in [0.25, 0.3) is 0 Å². The summed E-state index contributed by atoms with van der Waals surface area (Å²) >= 11 is 5.33. The van der Waals surface area contributed by atoms with Crippen LogP contribution in [-0.4, -0.2) is 13.1 Å².